The molecule has 0 aliphatic heterocycles. The van der Waals surface area contributed by atoms with Crippen molar-refractivity contribution in [3.63, 3.8) is 0 Å². The molecule has 0 saturated heterocycles. The van der Waals surface area contributed by atoms with Gasteiger partial charge in [-0.3, -0.25) is 0 Å². The van der Waals surface area contributed by atoms with Gasteiger partial charge in [0.2, 0.25) is 0 Å². The van der Waals surface area contributed by atoms with Crippen LogP contribution in [0.5, 0.6) is 0 Å². The van der Waals surface area contributed by atoms with E-state index in [1.165, 1.54) is 0 Å². The van der Waals surface area contributed by atoms with E-state index in [4.69, 9.17) is 11.5 Å². The molecule has 4 N–H and O–H groups in total. The molecule has 0 amide bonds. The van der Waals surface area contributed by atoms with E-state index in [9.17, 15) is 0 Å². The van der Waals surface area contributed by atoms with E-state index in [1.807, 2.05) is 30.3 Å². The lowest BCUT2D eigenvalue weighted by Crippen LogP contribution is -2.01. The number of aromatic nitrogens is 2. The number of hydrogen-bond acceptors (Lipinski definition) is 4. The fourth-order valence-corrected chi connectivity index (χ4v) is 1.95. The van der Waals surface area contributed by atoms with Crippen LogP contribution in [0.4, 0.5) is 11.5 Å². The molecular weight excluding hydrogens is 224 g/mol. The van der Waals surface area contributed by atoms with Crippen molar-refractivity contribution >= 4 is 22.3 Å². The molecule has 0 aliphatic rings. The van der Waals surface area contributed by atoms with Gasteiger partial charge < -0.3 is 11.5 Å². The molecule has 2 aromatic carbocycles. The van der Waals surface area contributed by atoms with E-state index in [1.54, 1.807) is 6.20 Å². The summed E-state index contributed by atoms with van der Waals surface area (Å²) in [6.07, 6.45) is 1.54. The summed E-state index contributed by atoms with van der Waals surface area (Å²) >= 11 is 0. The van der Waals surface area contributed by atoms with Gasteiger partial charge >= 0.3 is 0 Å². The zero-order chi connectivity index (χ0) is 12.5. The fourth-order valence-electron chi connectivity index (χ4n) is 1.95. The Morgan fingerprint density at radius 2 is 1.67 bits per heavy atom. The molecule has 3 rings (SSSR count). The van der Waals surface area contributed by atoms with Gasteiger partial charge in [-0.05, 0) is 10.8 Å². The second-order valence-corrected chi connectivity index (χ2v) is 4.06. The lowest BCUT2D eigenvalue weighted by Gasteiger charge is -2.06. The summed E-state index contributed by atoms with van der Waals surface area (Å²) in [7, 11) is 0. The van der Waals surface area contributed by atoms with Crippen LogP contribution >= 0.6 is 0 Å². The van der Waals surface area contributed by atoms with Gasteiger partial charge in [0, 0.05) is 5.56 Å². The van der Waals surface area contributed by atoms with Gasteiger partial charge in [0.25, 0.3) is 0 Å². The minimum Gasteiger partial charge on any atom is -0.394 e. The molecule has 1 aromatic heterocycles. The van der Waals surface area contributed by atoms with Crippen molar-refractivity contribution in [2.75, 3.05) is 11.5 Å². The summed E-state index contributed by atoms with van der Waals surface area (Å²) in [5.41, 5.74) is 12.7. The van der Waals surface area contributed by atoms with Crippen LogP contribution in [0.2, 0.25) is 0 Å². The highest BCUT2D eigenvalue weighted by atomic mass is 15.0. The van der Waals surface area contributed by atoms with E-state index >= 15 is 0 Å². The first-order chi connectivity index (χ1) is 8.75. The van der Waals surface area contributed by atoms with Gasteiger partial charge in [-0.15, -0.1) is 0 Å². The monoisotopic (exact) mass is 236 g/mol. The molecule has 0 unspecified atom stereocenters. The Morgan fingerprint density at radius 3 is 2.50 bits per heavy atom. The first-order valence-electron chi connectivity index (χ1n) is 5.62. The molecule has 4 heteroatoms. The van der Waals surface area contributed by atoms with E-state index in [-0.39, 0.29) is 0 Å². The van der Waals surface area contributed by atoms with Crippen molar-refractivity contribution in [3.8, 4) is 11.4 Å². The maximum atomic E-state index is 5.73. The largest absolute Gasteiger partial charge is 0.394 e. The van der Waals surface area contributed by atoms with Crippen LogP contribution in [0.15, 0.2) is 48.7 Å². The van der Waals surface area contributed by atoms with Crippen LogP contribution in [0, 0.1) is 0 Å². The Bertz CT molecular complexity index is 717. The molecule has 0 fully saturated rings. The molecule has 0 aliphatic carbocycles. The number of hydrogen-bond donors (Lipinski definition) is 2. The van der Waals surface area contributed by atoms with Crippen LogP contribution in [-0.4, -0.2) is 9.97 Å². The number of benzene rings is 2. The van der Waals surface area contributed by atoms with Crippen molar-refractivity contribution in [1.29, 1.82) is 0 Å². The zero-order valence-corrected chi connectivity index (χ0v) is 9.67. The molecule has 3 aromatic rings. The topological polar surface area (TPSA) is 77.8 Å². The number of anilines is 2. The predicted molar refractivity (Wildman–Crippen MR) is 73.8 cm³/mol. The molecule has 1 heterocycles. The Morgan fingerprint density at radius 1 is 0.889 bits per heavy atom. The Labute approximate surface area is 104 Å². The zero-order valence-electron chi connectivity index (χ0n) is 9.67. The summed E-state index contributed by atoms with van der Waals surface area (Å²) in [6, 6.07) is 14.1. The molecule has 4 nitrogen and oxygen atoms in total. The molecule has 18 heavy (non-hydrogen) atoms. The van der Waals surface area contributed by atoms with Gasteiger partial charge in [-0.25, -0.2) is 9.97 Å². The fraction of sp³-hybridized carbons (Fsp3) is 0. The van der Waals surface area contributed by atoms with Crippen molar-refractivity contribution in [3.05, 3.63) is 48.7 Å². The van der Waals surface area contributed by atoms with E-state index in [0.717, 1.165) is 16.3 Å². The molecule has 0 bridgehead atoms. The summed E-state index contributed by atoms with van der Waals surface area (Å²) in [6.45, 7) is 0. The third kappa shape index (κ3) is 1.64. The smallest absolute Gasteiger partial charge is 0.162 e. The quantitative estimate of drug-likeness (QED) is 0.680. The van der Waals surface area contributed by atoms with Gasteiger partial charge in [0.05, 0.1) is 11.9 Å². The predicted octanol–water partition coefficient (Wildman–Crippen LogP) is 2.46. The molecule has 0 saturated carbocycles. The Balaban J connectivity index is 2.28. The Hall–Kier alpha value is -2.62. The van der Waals surface area contributed by atoms with Crippen molar-refractivity contribution in [2.24, 2.45) is 0 Å². The Kier molecular flexibility index (Phi) is 2.34. The van der Waals surface area contributed by atoms with E-state index in [2.05, 4.69) is 22.1 Å². The average Bonchev–Trinajstić information content (AvgIpc) is 2.41. The van der Waals surface area contributed by atoms with Crippen molar-refractivity contribution < 1.29 is 0 Å². The number of nitrogens with zero attached hydrogens (tertiary/aromatic N) is 2. The van der Waals surface area contributed by atoms with Crippen molar-refractivity contribution in [1.82, 2.24) is 9.97 Å². The minimum absolute atomic E-state index is 0.313. The van der Waals surface area contributed by atoms with Gasteiger partial charge in [0.1, 0.15) is 0 Å². The summed E-state index contributed by atoms with van der Waals surface area (Å²) in [5.74, 6) is 0.909. The minimum atomic E-state index is 0.313. The summed E-state index contributed by atoms with van der Waals surface area (Å²) in [5, 5.41) is 2.25. The first-order valence-corrected chi connectivity index (χ1v) is 5.62. The average molecular weight is 236 g/mol. The maximum absolute atomic E-state index is 5.73. The third-order valence-corrected chi connectivity index (χ3v) is 2.88. The van der Waals surface area contributed by atoms with E-state index in [0.29, 0.717) is 17.3 Å². The van der Waals surface area contributed by atoms with Gasteiger partial charge in [-0.1, -0.05) is 42.5 Å². The number of rotatable bonds is 1. The highest BCUT2D eigenvalue weighted by molar-refractivity contribution is 5.95. The number of nitrogen functional groups attached to an aromatic ring is 2. The highest BCUT2D eigenvalue weighted by Gasteiger charge is 2.07. The third-order valence-electron chi connectivity index (χ3n) is 2.88. The maximum Gasteiger partial charge on any atom is 0.162 e. The first kappa shape index (κ1) is 10.5. The van der Waals surface area contributed by atoms with Crippen LogP contribution in [0.1, 0.15) is 0 Å². The number of fused-ring (bicyclic) bond motifs is 1. The second kappa shape index (κ2) is 4.00. The summed E-state index contributed by atoms with van der Waals surface area (Å²) < 4.78 is 0. The lowest BCUT2D eigenvalue weighted by atomic mass is 10.0. The summed E-state index contributed by atoms with van der Waals surface area (Å²) in [4.78, 5) is 8.48. The van der Waals surface area contributed by atoms with Gasteiger partial charge in [-0.2, -0.15) is 0 Å². The van der Waals surface area contributed by atoms with Crippen molar-refractivity contribution in [2.45, 2.75) is 0 Å². The van der Waals surface area contributed by atoms with Gasteiger partial charge in [0.15, 0.2) is 11.6 Å². The SMILES string of the molecule is Nc1cnc(-c2cccc3ccccc23)nc1N. The van der Waals surface area contributed by atoms with Crippen LogP contribution < -0.4 is 11.5 Å². The van der Waals surface area contributed by atoms with Crippen LogP contribution in [0.25, 0.3) is 22.2 Å². The second-order valence-electron chi connectivity index (χ2n) is 4.06. The normalized spacial score (nSPS) is 10.7. The van der Waals surface area contributed by atoms with Crippen LogP contribution in [-0.2, 0) is 0 Å². The molecular formula is C14H12N4. The molecule has 88 valence electrons. The lowest BCUT2D eigenvalue weighted by molar-refractivity contribution is 1.19. The highest BCUT2D eigenvalue weighted by Crippen LogP contribution is 2.27. The molecule has 0 spiro atoms. The van der Waals surface area contributed by atoms with E-state index < -0.39 is 0 Å². The van der Waals surface area contributed by atoms with Crippen LogP contribution in [0.3, 0.4) is 0 Å². The number of nitrogens with two attached hydrogens (primary N) is 2. The molecule has 0 atom stereocenters. The molecule has 0 radical (unpaired) electrons. The standard InChI is InChI=1S/C14H12N4/c15-12-8-17-14(18-13(12)16)11-7-3-5-9-4-1-2-6-10(9)11/h1-8H,15H2,(H2,16,17,18).